The number of hydrogen-bond donors (Lipinski definition) is 1. The lowest BCUT2D eigenvalue weighted by Gasteiger charge is -2.40. The standard InChI is InChI=1S/C10H17NO2/c1-2-6-10(8-4-3-5-8)7-11-9(12)13-10/h8H,2-7H2,1H3,(H,11,12). The Bertz CT molecular complexity index is 213. The molecule has 0 aromatic carbocycles. The van der Waals surface area contributed by atoms with Gasteiger partial charge in [0.15, 0.2) is 0 Å². The largest absolute Gasteiger partial charge is 0.441 e. The zero-order valence-electron chi connectivity index (χ0n) is 8.14. The second kappa shape index (κ2) is 3.20. The summed E-state index contributed by atoms with van der Waals surface area (Å²) in [6.45, 7) is 2.87. The van der Waals surface area contributed by atoms with Crippen molar-refractivity contribution in [3.05, 3.63) is 0 Å². The summed E-state index contributed by atoms with van der Waals surface area (Å²) in [6, 6.07) is 0. The molecule has 1 N–H and O–H groups in total. The summed E-state index contributed by atoms with van der Waals surface area (Å²) >= 11 is 0. The van der Waals surface area contributed by atoms with Crippen molar-refractivity contribution < 1.29 is 9.53 Å². The van der Waals surface area contributed by atoms with Crippen molar-refractivity contribution in [2.75, 3.05) is 6.54 Å². The third-order valence-corrected chi connectivity index (χ3v) is 3.35. The van der Waals surface area contributed by atoms with E-state index in [1.165, 1.54) is 19.3 Å². The van der Waals surface area contributed by atoms with Crippen LogP contribution >= 0.6 is 0 Å². The minimum atomic E-state index is -0.222. The van der Waals surface area contributed by atoms with Gasteiger partial charge in [-0.1, -0.05) is 19.8 Å². The van der Waals surface area contributed by atoms with Crippen LogP contribution in [0.25, 0.3) is 0 Å². The molecule has 0 spiro atoms. The van der Waals surface area contributed by atoms with Crippen molar-refractivity contribution in [2.45, 2.75) is 44.6 Å². The van der Waals surface area contributed by atoms with Crippen LogP contribution in [0.4, 0.5) is 4.79 Å². The van der Waals surface area contributed by atoms with Crippen molar-refractivity contribution in [1.82, 2.24) is 5.32 Å². The summed E-state index contributed by atoms with van der Waals surface area (Å²) in [5, 5.41) is 2.78. The molecule has 2 rings (SSSR count). The Hall–Kier alpha value is -0.730. The zero-order valence-corrected chi connectivity index (χ0v) is 8.14. The quantitative estimate of drug-likeness (QED) is 0.727. The van der Waals surface area contributed by atoms with E-state index in [-0.39, 0.29) is 11.7 Å². The SMILES string of the molecule is CCCC1(C2CCC2)CNC(=O)O1. The topological polar surface area (TPSA) is 38.3 Å². The first-order valence-electron chi connectivity index (χ1n) is 5.24. The van der Waals surface area contributed by atoms with Crippen molar-refractivity contribution >= 4 is 6.09 Å². The fraction of sp³-hybridized carbons (Fsp3) is 0.900. The number of nitrogens with one attached hydrogen (secondary N) is 1. The van der Waals surface area contributed by atoms with E-state index < -0.39 is 0 Å². The number of carbonyl (C=O) groups is 1. The molecule has 1 heterocycles. The molecule has 2 aliphatic rings. The summed E-state index contributed by atoms with van der Waals surface area (Å²) in [6.07, 6.45) is 5.64. The highest BCUT2D eigenvalue weighted by Crippen LogP contribution is 2.42. The van der Waals surface area contributed by atoms with Crippen molar-refractivity contribution in [2.24, 2.45) is 5.92 Å². The molecule has 3 nitrogen and oxygen atoms in total. The van der Waals surface area contributed by atoms with Gasteiger partial charge < -0.3 is 10.1 Å². The highest BCUT2D eigenvalue weighted by molar-refractivity contribution is 5.70. The van der Waals surface area contributed by atoms with Gasteiger partial charge in [-0.15, -0.1) is 0 Å². The van der Waals surface area contributed by atoms with E-state index in [0.717, 1.165) is 19.4 Å². The van der Waals surface area contributed by atoms with E-state index in [1.807, 2.05) is 0 Å². The van der Waals surface area contributed by atoms with E-state index in [0.29, 0.717) is 5.92 Å². The van der Waals surface area contributed by atoms with E-state index in [4.69, 9.17) is 4.74 Å². The van der Waals surface area contributed by atoms with Gasteiger partial charge in [0, 0.05) is 5.92 Å². The van der Waals surface area contributed by atoms with E-state index >= 15 is 0 Å². The molecule has 1 saturated carbocycles. The molecule has 0 aromatic heterocycles. The van der Waals surface area contributed by atoms with Crippen LogP contribution in [0.1, 0.15) is 39.0 Å². The first kappa shape index (κ1) is 8.85. The van der Waals surface area contributed by atoms with Gasteiger partial charge in [0.1, 0.15) is 5.60 Å². The van der Waals surface area contributed by atoms with E-state index in [1.54, 1.807) is 0 Å². The Kier molecular flexibility index (Phi) is 2.18. The Morgan fingerprint density at radius 2 is 2.38 bits per heavy atom. The Balaban J connectivity index is 2.06. The van der Waals surface area contributed by atoms with Crippen molar-refractivity contribution in [3.63, 3.8) is 0 Å². The van der Waals surface area contributed by atoms with Crippen LogP contribution in [0.3, 0.4) is 0 Å². The number of hydrogen-bond acceptors (Lipinski definition) is 2. The number of carbonyl (C=O) groups excluding carboxylic acids is 1. The highest BCUT2D eigenvalue weighted by atomic mass is 16.6. The number of rotatable bonds is 3. The summed E-state index contributed by atoms with van der Waals surface area (Å²) in [5.74, 6) is 0.617. The smallest absolute Gasteiger partial charge is 0.407 e. The summed E-state index contributed by atoms with van der Waals surface area (Å²) in [7, 11) is 0. The van der Waals surface area contributed by atoms with Crippen molar-refractivity contribution in [1.29, 1.82) is 0 Å². The number of ether oxygens (including phenoxy) is 1. The lowest BCUT2D eigenvalue weighted by Crippen LogP contribution is -2.44. The van der Waals surface area contributed by atoms with E-state index in [2.05, 4.69) is 12.2 Å². The second-order valence-electron chi connectivity index (χ2n) is 4.19. The van der Waals surface area contributed by atoms with Crippen LogP contribution in [0.15, 0.2) is 0 Å². The second-order valence-corrected chi connectivity index (χ2v) is 4.19. The Labute approximate surface area is 78.8 Å². The molecule has 0 bridgehead atoms. The predicted octanol–water partition coefficient (Wildman–Crippen LogP) is 2.07. The van der Waals surface area contributed by atoms with Gasteiger partial charge in [0.05, 0.1) is 6.54 Å². The molecule has 13 heavy (non-hydrogen) atoms. The maximum atomic E-state index is 11.0. The van der Waals surface area contributed by atoms with Gasteiger partial charge in [-0.25, -0.2) is 4.79 Å². The maximum absolute atomic E-state index is 11.0. The van der Waals surface area contributed by atoms with Crippen molar-refractivity contribution in [3.8, 4) is 0 Å². The Morgan fingerprint density at radius 3 is 2.77 bits per heavy atom. The third-order valence-electron chi connectivity index (χ3n) is 3.35. The normalized spacial score (nSPS) is 33.8. The zero-order chi connectivity index (χ0) is 9.31. The van der Waals surface area contributed by atoms with Gasteiger partial charge in [0.25, 0.3) is 0 Å². The van der Waals surface area contributed by atoms with Gasteiger partial charge in [-0.3, -0.25) is 0 Å². The predicted molar refractivity (Wildman–Crippen MR) is 49.5 cm³/mol. The van der Waals surface area contributed by atoms with Crippen LogP contribution in [0.5, 0.6) is 0 Å². The average molecular weight is 183 g/mol. The minimum Gasteiger partial charge on any atom is -0.441 e. The average Bonchev–Trinajstić information content (AvgIpc) is 2.29. The lowest BCUT2D eigenvalue weighted by atomic mass is 9.71. The number of amides is 1. The molecule has 0 aromatic rings. The van der Waals surface area contributed by atoms with Crippen LogP contribution in [-0.4, -0.2) is 18.2 Å². The molecule has 3 heteroatoms. The monoisotopic (exact) mass is 183 g/mol. The van der Waals surface area contributed by atoms with Gasteiger partial charge in [-0.2, -0.15) is 0 Å². The van der Waals surface area contributed by atoms with Crippen LogP contribution in [0.2, 0.25) is 0 Å². The molecule has 1 aliphatic carbocycles. The minimum absolute atomic E-state index is 0.149. The van der Waals surface area contributed by atoms with Crippen LogP contribution in [0, 0.1) is 5.92 Å². The third kappa shape index (κ3) is 1.40. The fourth-order valence-corrected chi connectivity index (χ4v) is 2.41. The highest BCUT2D eigenvalue weighted by Gasteiger charge is 2.48. The van der Waals surface area contributed by atoms with Gasteiger partial charge in [-0.05, 0) is 19.3 Å². The molecule has 0 radical (unpaired) electrons. The number of alkyl carbamates (subject to hydrolysis) is 1. The summed E-state index contributed by atoms with van der Waals surface area (Å²) in [4.78, 5) is 11.0. The van der Waals surface area contributed by atoms with Gasteiger partial charge >= 0.3 is 6.09 Å². The first-order chi connectivity index (χ1) is 6.27. The molecule has 2 fully saturated rings. The van der Waals surface area contributed by atoms with Gasteiger partial charge in [0.2, 0.25) is 0 Å². The van der Waals surface area contributed by atoms with Crippen LogP contribution in [-0.2, 0) is 4.74 Å². The molecule has 1 saturated heterocycles. The molecule has 1 amide bonds. The molecule has 1 atom stereocenters. The van der Waals surface area contributed by atoms with E-state index in [9.17, 15) is 4.79 Å². The lowest BCUT2D eigenvalue weighted by molar-refractivity contribution is -0.0320. The molecule has 1 unspecified atom stereocenters. The first-order valence-corrected chi connectivity index (χ1v) is 5.24. The molecular weight excluding hydrogens is 166 g/mol. The molecular formula is C10H17NO2. The number of cyclic esters (lactones) is 1. The molecule has 74 valence electrons. The van der Waals surface area contributed by atoms with Crippen LogP contribution < -0.4 is 5.32 Å². The Morgan fingerprint density at radius 1 is 1.62 bits per heavy atom. The summed E-state index contributed by atoms with van der Waals surface area (Å²) in [5.41, 5.74) is -0.149. The fourth-order valence-electron chi connectivity index (χ4n) is 2.41. The summed E-state index contributed by atoms with van der Waals surface area (Å²) < 4.78 is 5.44. The maximum Gasteiger partial charge on any atom is 0.407 e. The molecule has 1 aliphatic heterocycles.